The van der Waals surface area contributed by atoms with E-state index in [-0.39, 0.29) is 0 Å². The molecule has 1 aromatic carbocycles. The third-order valence-corrected chi connectivity index (χ3v) is 3.48. The van der Waals surface area contributed by atoms with E-state index in [1.54, 1.807) is 0 Å². The molecule has 0 saturated heterocycles. The maximum absolute atomic E-state index is 8.25. The number of allylic oxidation sites excluding steroid dienone is 5. The van der Waals surface area contributed by atoms with Gasteiger partial charge in [-0.05, 0) is 23.1 Å². The van der Waals surface area contributed by atoms with Gasteiger partial charge in [0, 0.05) is 18.1 Å². The van der Waals surface area contributed by atoms with E-state index in [0.717, 1.165) is 18.6 Å². The van der Waals surface area contributed by atoms with Gasteiger partial charge in [0.1, 0.15) is 0 Å². The summed E-state index contributed by atoms with van der Waals surface area (Å²) in [5.74, 6) is 0.390. The van der Waals surface area contributed by atoms with E-state index in [9.17, 15) is 0 Å². The second-order valence-electron chi connectivity index (χ2n) is 4.61. The summed E-state index contributed by atoms with van der Waals surface area (Å²) in [6.07, 6.45) is 12.6. The Balaban J connectivity index is 2.07. The van der Waals surface area contributed by atoms with E-state index in [0.29, 0.717) is 5.92 Å². The fourth-order valence-corrected chi connectivity index (χ4v) is 2.52. The highest BCUT2D eigenvalue weighted by molar-refractivity contribution is 6.01. The van der Waals surface area contributed by atoms with Crippen molar-refractivity contribution >= 4 is 11.8 Å². The lowest BCUT2D eigenvalue weighted by Crippen LogP contribution is -2.16. The van der Waals surface area contributed by atoms with Gasteiger partial charge in [-0.2, -0.15) is 0 Å². The van der Waals surface area contributed by atoms with Crippen molar-refractivity contribution in [3.63, 3.8) is 0 Å². The minimum absolute atomic E-state index is 0.390. The summed E-state index contributed by atoms with van der Waals surface area (Å²) in [4.78, 5) is 0. The van der Waals surface area contributed by atoms with Crippen LogP contribution in [-0.2, 0) is 6.42 Å². The van der Waals surface area contributed by atoms with E-state index in [1.165, 1.54) is 16.7 Å². The molecule has 2 aliphatic carbocycles. The van der Waals surface area contributed by atoms with Gasteiger partial charge in [0.2, 0.25) is 0 Å². The van der Waals surface area contributed by atoms with Crippen LogP contribution in [-0.4, -0.2) is 5.71 Å². The summed E-state index contributed by atoms with van der Waals surface area (Å²) in [5.41, 5.74) is 4.45. The van der Waals surface area contributed by atoms with Crippen molar-refractivity contribution in [2.45, 2.75) is 12.8 Å². The molecule has 1 aromatic rings. The monoisotopic (exact) mass is 221 g/mol. The Kier molecular flexibility index (Phi) is 2.52. The van der Waals surface area contributed by atoms with Crippen molar-refractivity contribution in [2.24, 2.45) is 5.92 Å². The molecule has 1 atom stereocenters. The van der Waals surface area contributed by atoms with Crippen molar-refractivity contribution < 1.29 is 0 Å². The van der Waals surface area contributed by atoms with Gasteiger partial charge < -0.3 is 5.41 Å². The van der Waals surface area contributed by atoms with Crippen LogP contribution in [0.3, 0.4) is 0 Å². The van der Waals surface area contributed by atoms with Crippen LogP contribution in [0.1, 0.15) is 17.5 Å². The molecule has 3 rings (SSSR count). The molecule has 0 bridgehead atoms. The molecule has 0 aliphatic heterocycles. The SMILES string of the molecule is N=C1Cc2ccccc2/C=C\C2CC=CC=C12. The Hall–Kier alpha value is -1.89. The van der Waals surface area contributed by atoms with Gasteiger partial charge in [0.25, 0.3) is 0 Å². The third kappa shape index (κ3) is 1.89. The minimum atomic E-state index is 0.390. The van der Waals surface area contributed by atoms with Gasteiger partial charge in [0.15, 0.2) is 0 Å². The number of rotatable bonds is 0. The minimum Gasteiger partial charge on any atom is -0.305 e. The van der Waals surface area contributed by atoms with Crippen LogP contribution in [0.2, 0.25) is 0 Å². The van der Waals surface area contributed by atoms with Crippen LogP contribution >= 0.6 is 0 Å². The zero-order valence-electron chi connectivity index (χ0n) is 9.69. The van der Waals surface area contributed by atoms with Crippen LogP contribution in [0.15, 0.2) is 54.1 Å². The predicted molar refractivity (Wildman–Crippen MR) is 72.2 cm³/mol. The fraction of sp³-hybridized carbons (Fsp3) is 0.188. The summed E-state index contributed by atoms with van der Waals surface area (Å²) in [7, 11) is 0. The maximum Gasteiger partial charge on any atom is 0.0395 e. The second-order valence-corrected chi connectivity index (χ2v) is 4.61. The van der Waals surface area contributed by atoms with Gasteiger partial charge in [-0.3, -0.25) is 0 Å². The molecule has 0 spiro atoms. The van der Waals surface area contributed by atoms with E-state index in [2.05, 4.69) is 48.6 Å². The summed E-state index contributed by atoms with van der Waals surface area (Å²) in [6, 6.07) is 8.36. The predicted octanol–water partition coefficient (Wildman–Crippen LogP) is 3.78. The van der Waals surface area contributed by atoms with Crippen LogP contribution in [0.25, 0.3) is 6.08 Å². The molecule has 0 fully saturated rings. The molecule has 0 saturated carbocycles. The number of fused-ring (bicyclic) bond motifs is 2. The largest absolute Gasteiger partial charge is 0.305 e. The first-order valence-corrected chi connectivity index (χ1v) is 6.05. The summed E-state index contributed by atoms with van der Waals surface area (Å²) in [5, 5.41) is 8.25. The third-order valence-electron chi connectivity index (χ3n) is 3.48. The van der Waals surface area contributed by atoms with E-state index < -0.39 is 0 Å². The zero-order valence-corrected chi connectivity index (χ0v) is 9.69. The van der Waals surface area contributed by atoms with E-state index >= 15 is 0 Å². The zero-order chi connectivity index (χ0) is 11.7. The maximum atomic E-state index is 8.25. The summed E-state index contributed by atoms with van der Waals surface area (Å²) < 4.78 is 0. The average Bonchev–Trinajstić information content (AvgIpc) is 2.36. The number of benzene rings is 1. The molecule has 1 N–H and O–H groups in total. The van der Waals surface area contributed by atoms with Gasteiger partial charge in [0.05, 0.1) is 0 Å². The molecule has 2 aliphatic rings. The molecular weight excluding hydrogens is 206 g/mol. The first-order chi connectivity index (χ1) is 8.34. The Morgan fingerprint density at radius 2 is 2.06 bits per heavy atom. The molecule has 17 heavy (non-hydrogen) atoms. The summed E-state index contributed by atoms with van der Waals surface area (Å²) >= 11 is 0. The van der Waals surface area contributed by atoms with Crippen LogP contribution < -0.4 is 0 Å². The first-order valence-electron chi connectivity index (χ1n) is 6.05. The van der Waals surface area contributed by atoms with Crippen LogP contribution in [0.4, 0.5) is 0 Å². The van der Waals surface area contributed by atoms with Crippen molar-refractivity contribution in [3.8, 4) is 0 Å². The first kappa shape index (κ1) is 10.3. The molecule has 0 aromatic heterocycles. The number of hydrogen-bond donors (Lipinski definition) is 1. The summed E-state index contributed by atoms with van der Waals surface area (Å²) in [6.45, 7) is 0. The normalized spacial score (nSPS) is 24.1. The molecule has 1 nitrogen and oxygen atoms in total. The smallest absolute Gasteiger partial charge is 0.0395 e. The molecule has 0 radical (unpaired) electrons. The molecule has 0 amide bonds. The highest BCUT2D eigenvalue weighted by Gasteiger charge is 2.19. The van der Waals surface area contributed by atoms with Crippen molar-refractivity contribution in [1.82, 2.24) is 0 Å². The lowest BCUT2D eigenvalue weighted by molar-refractivity contribution is 0.792. The Labute approximate surface area is 102 Å². The Morgan fingerprint density at radius 1 is 1.18 bits per heavy atom. The fourth-order valence-electron chi connectivity index (χ4n) is 2.52. The van der Waals surface area contributed by atoms with E-state index in [1.807, 2.05) is 6.07 Å². The van der Waals surface area contributed by atoms with Gasteiger partial charge in [-0.25, -0.2) is 0 Å². The van der Waals surface area contributed by atoms with Crippen molar-refractivity contribution in [1.29, 1.82) is 5.41 Å². The Bertz CT molecular complexity index is 546. The molecule has 1 heteroatoms. The molecule has 1 unspecified atom stereocenters. The highest BCUT2D eigenvalue weighted by atomic mass is 14.4. The topological polar surface area (TPSA) is 23.9 Å². The lowest BCUT2D eigenvalue weighted by atomic mass is 9.83. The van der Waals surface area contributed by atoms with E-state index in [4.69, 9.17) is 5.41 Å². The standard InChI is InChI=1S/C16H15N/c17-16-11-14-7-2-1-5-12(14)9-10-13-6-3-4-8-15(13)16/h1-5,7-10,13,17H,6,11H2/b10-9-,17-16?. The van der Waals surface area contributed by atoms with Crippen LogP contribution in [0.5, 0.6) is 0 Å². The van der Waals surface area contributed by atoms with Crippen LogP contribution in [0, 0.1) is 11.3 Å². The number of nitrogens with one attached hydrogen (secondary N) is 1. The number of hydrogen-bond acceptors (Lipinski definition) is 1. The lowest BCUT2D eigenvalue weighted by Gasteiger charge is -2.22. The van der Waals surface area contributed by atoms with Gasteiger partial charge in [-0.15, -0.1) is 0 Å². The molecule has 0 heterocycles. The molecular formula is C16H15N. The van der Waals surface area contributed by atoms with Gasteiger partial charge in [-0.1, -0.05) is 54.6 Å². The highest BCUT2D eigenvalue weighted by Crippen LogP contribution is 2.28. The van der Waals surface area contributed by atoms with Gasteiger partial charge >= 0.3 is 0 Å². The Morgan fingerprint density at radius 3 is 3.00 bits per heavy atom. The van der Waals surface area contributed by atoms with Crippen molar-refractivity contribution in [2.75, 3.05) is 0 Å². The second kappa shape index (κ2) is 4.17. The van der Waals surface area contributed by atoms with Crippen molar-refractivity contribution in [3.05, 3.63) is 65.3 Å². The quantitative estimate of drug-likeness (QED) is 0.689. The molecule has 84 valence electrons. The average molecular weight is 221 g/mol.